The van der Waals surface area contributed by atoms with Crippen LogP contribution < -0.4 is 4.90 Å². The van der Waals surface area contributed by atoms with E-state index in [-0.39, 0.29) is 22.9 Å². The number of ether oxygens (including phenoxy) is 1. The fourth-order valence-electron chi connectivity index (χ4n) is 3.09. The van der Waals surface area contributed by atoms with Gasteiger partial charge >= 0.3 is 5.97 Å². The van der Waals surface area contributed by atoms with Crippen LogP contribution in [0.15, 0.2) is 84.9 Å². The molecular weight excluding hydrogens is 392 g/mol. The molecule has 0 aromatic heterocycles. The van der Waals surface area contributed by atoms with E-state index >= 15 is 0 Å². The summed E-state index contributed by atoms with van der Waals surface area (Å²) in [7, 11) is 4.83. The third-order valence-electron chi connectivity index (χ3n) is 4.82. The van der Waals surface area contributed by atoms with Crippen LogP contribution in [0.3, 0.4) is 0 Å². The largest absolute Gasteiger partial charge is 0.444 e. The predicted octanol–water partition coefficient (Wildman–Crippen LogP) is 3.95. The number of hydrogen-bond acceptors (Lipinski definition) is 4. The normalized spacial score (nSPS) is 11.3. The Labute approximate surface area is 181 Å². The van der Waals surface area contributed by atoms with E-state index in [0.29, 0.717) is 11.3 Å². The molecule has 0 radical (unpaired) electrons. The molecule has 0 saturated heterocycles. The number of anilines is 1. The number of amides is 2. The van der Waals surface area contributed by atoms with Gasteiger partial charge in [-0.25, -0.2) is 4.79 Å². The summed E-state index contributed by atoms with van der Waals surface area (Å²) in [5.41, 5.74) is 1.55. The number of benzene rings is 3. The Bertz CT molecular complexity index is 1070. The van der Waals surface area contributed by atoms with Crippen molar-refractivity contribution >= 4 is 23.5 Å². The van der Waals surface area contributed by atoms with Crippen LogP contribution in [0.4, 0.5) is 5.69 Å². The van der Waals surface area contributed by atoms with E-state index in [0.717, 1.165) is 0 Å². The van der Waals surface area contributed by atoms with Crippen LogP contribution in [0.25, 0.3) is 0 Å². The second-order valence-electron chi connectivity index (χ2n) is 7.17. The summed E-state index contributed by atoms with van der Waals surface area (Å²) in [5, 5.41) is 0. The highest BCUT2D eigenvalue weighted by Gasteiger charge is 2.29. The quantitative estimate of drug-likeness (QED) is 0.571. The van der Waals surface area contributed by atoms with Gasteiger partial charge in [-0.05, 0) is 24.3 Å². The number of para-hydroxylation sites is 1. The van der Waals surface area contributed by atoms with Gasteiger partial charge in [0.05, 0.1) is 11.1 Å². The Balaban J connectivity index is 1.91. The summed E-state index contributed by atoms with van der Waals surface area (Å²) in [6, 6.07) is 24.4. The molecule has 158 valence electrons. The van der Waals surface area contributed by atoms with E-state index < -0.39 is 12.1 Å². The minimum absolute atomic E-state index is 0.0998. The predicted molar refractivity (Wildman–Crippen MR) is 119 cm³/mol. The average molecular weight is 416 g/mol. The number of rotatable bonds is 6. The highest BCUT2D eigenvalue weighted by atomic mass is 16.5. The number of carbonyl (C=O) groups is 3. The van der Waals surface area contributed by atoms with Crippen LogP contribution in [0.2, 0.25) is 0 Å². The topological polar surface area (TPSA) is 66.9 Å². The van der Waals surface area contributed by atoms with Crippen molar-refractivity contribution in [2.75, 3.05) is 26.0 Å². The maximum Gasteiger partial charge on any atom is 0.340 e. The number of carbonyl (C=O) groups excluding carboxylic acids is 3. The average Bonchev–Trinajstić information content (AvgIpc) is 2.82. The maximum absolute atomic E-state index is 13.1. The maximum atomic E-state index is 13.1. The van der Waals surface area contributed by atoms with E-state index in [1.54, 1.807) is 75.7 Å². The first kappa shape index (κ1) is 21.8. The number of esters is 1. The summed E-state index contributed by atoms with van der Waals surface area (Å²) in [6.45, 7) is 0. The van der Waals surface area contributed by atoms with E-state index in [9.17, 15) is 14.4 Å². The summed E-state index contributed by atoms with van der Waals surface area (Å²) < 4.78 is 5.62. The van der Waals surface area contributed by atoms with Crippen LogP contribution in [-0.4, -0.2) is 43.8 Å². The lowest BCUT2D eigenvalue weighted by atomic mass is 10.1. The molecular formula is C25H24N2O4. The second-order valence-corrected chi connectivity index (χ2v) is 7.17. The molecule has 0 N–H and O–H groups in total. The lowest BCUT2D eigenvalue weighted by Crippen LogP contribution is -2.32. The lowest BCUT2D eigenvalue weighted by molar-refractivity contribution is -0.138. The molecule has 1 unspecified atom stereocenters. The molecule has 3 rings (SSSR count). The summed E-state index contributed by atoms with van der Waals surface area (Å²) >= 11 is 0. The fraction of sp³-hybridized carbons (Fsp3) is 0.160. The third kappa shape index (κ3) is 4.98. The van der Waals surface area contributed by atoms with Gasteiger partial charge in [0.15, 0.2) is 0 Å². The summed E-state index contributed by atoms with van der Waals surface area (Å²) in [6.07, 6.45) is -1.11. The standard InChI is InChI=1S/C25H24N2O4/c1-26(2)24(29)22(18-12-6-4-7-13-18)31-25(30)21-17-11-10-16-20(21)23(28)27(3)19-14-8-5-9-15-19/h4-17,22H,1-3H3. The monoisotopic (exact) mass is 416 g/mol. The first-order chi connectivity index (χ1) is 14.9. The third-order valence-corrected chi connectivity index (χ3v) is 4.82. The van der Waals surface area contributed by atoms with Gasteiger partial charge in [-0.1, -0.05) is 60.7 Å². The zero-order valence-corrected chi connectivity index (χ0v) is 17.7. The van der Waals surface area contributed by atoms with Crippen molar-refractivity contribution in [3.8, 4) is 0 Å². The SMILES string of the molecule is CN(C)C(=O)C(OC(=O)c1ccccc1C(=O)N(C)c1ccccc1)c1ccccc1. The van der Waals surface area contributed by atoms with Crippen molar-refractivity contribution in [1.82, 2.24) is 4.90 Å². The molecule has 0 bridgehead atoms. The number of hydrogen-bond donors (Lipinski definition) is 0. The van der Waals surface area contributed by atoms with Crippen LogP contribution in [0.1, 0.15) is 32.4 Å². The van der Waals surface area contributed by atoms with Crippen LogP contribution in [-0.2, 0) is 9.53 Å². The zero-order valence-electron chi connectivity index (χ0n) is 17.7. The van der Waals surface area contributed by atoms with E-state index in [1.165, 1.54) is 15.9 Å². The van der Waals surface area contributed by atoms with Gasteiger partial charge in [-0.3, -0.25) is 9.59 Å². The van der Waals surface area contributed by atoms with Crippen molar-refractivity contribution in [2.24, 2.45) is 0 Å². The molecule has 0 heterocycles. The van der Waals surface area contributed by atoms with Gasteiger partial charge in [0.25, 0.3) is 11.8 Å². The molecule has 0 fully saturated rings. The van der Waals surface area contributed by atoms with Gasteiger partial charge in [-0.15, -0.1) is 0 Å². The molecule has 0 aliphatic heterocycles. The molecule has 0 aliphatic rings. The van der Waals surface area contributed by atoms with Gasteiger partial charge in [-0.2, -0.15) is 0 Å². The molecule has 0 spiro atoms. The lowest BCUT2D eigenvalue weighted by Gasteiger charge is -2.22. The van der Waals surface area contributed by atoms with E-state index in [1.807, 2.05) is 24.3 Å². The fourth-order valence-corrected chi connectivity index (χ4v) is 3.09. The van der Waals surface area contributed by atoms with Crippen LogP contribution in [0.5, 0.6) is 0 Å². The molecule has 31 heavy (non-hydrogen) atoms. The van der Waals surface area contributed by atoms with Crippen LogP contribution in [0, 0.1) is 0 Å². The Morgan fingerprint density at radius 2 is 1.23 bits per heavy atom. The summed E-state index contributed by atoms with van der Waals surface area (Å²) in [4.78, 5) is 41.7. The Kier molecular flexibility index (Phi) is 6.82. The molecule has 3 aromatic rings. The van der Waals surface area contributed by atoms with Gasteiger partial charge < -0.3 is 14.5 Å². The number of nitrogens with zero attached hydrogens (tertiary/aromatic N) is 2. The first-order valence-electron chi connectivity index (χ1n) is 9.79. The molecule has 0 aliphatic carbocycles. The van der Waals surface area contributed by atoms with Crippen molar-refractivity contribution in [2.45, 2.75) is 6.10 Å². The van der Waals surface area contributed by atoms with Crippen molar-refractivity contribution < 1.29 is 19.1 Å². The minimum Gasteiger partial charge on any atom is -0.444 e. The smallest absolute Gasteiger partial charge is 0.340 e. The van der Waals surface area contributed by atoms with Gasteiger partial charge in [0.1, 0.15) is 0 Å². The van der Waals surface area contributed by atoms with Gasteiger partial charge in [0, 0.05) is 32.4 Å². The van der Waals surface area contributed by atoms with Gasteiger partial charge in [0.2, 0.25) is 6.10 Å². The molecule has 1 atom stereocenters. The first-order valence-corrected chi connectivity index (χ1v) is 9.79. The Morgan fingerprint density at radius 1 is 0.710 bits per heavy atom. The number of likely N-dealkylation sites (N-methyl/N-ethyl adjacent to an activating group) is 1. The highest BCUT2D eigenvalue weighted by molar-refractivity contribution is 6.12. The second kappa shape index (κ2) is 9.71. The molecule has 6 heteroatoms. The van der Waals surface area contributed by atoms with E-state index in [2.05, 4.69) is 0 Å². The zero-order chi connectivity index (χ0) is 22.4. The summed E-state index contributed by atoms with van der Waals surface area (Å²) in [5.74, 6) is -1.46. The van der Waals surface area contributed by atoms with Crippen molar-refractivity contribution in [3.63, 3.8) is 0 Å². The highest BCUT2D eigenvalue weighted by Crippen LogP contribution is 2.23. The van der Waals surface area contributed by atoms with Crippen molar-refractivity contribution in [3.05, 3.63) is 102 Å². The Morgan fingerprint density at radius 3 is 1.81 bits per heavy atom. The molecule has 6 nitrogen and oxygen atoms in total. The molecule has 0 saturated carbocycles. The van der Waals surface area contributed by atoms with Crippen LogP contribution >= 0.6 is 0 Å². The molecule has 2 amide bonds. The minimum atomic E-state index is -1.11. The Hall–Kier alpha value is -3.93. The molecule has 3 aromatic carbocycles. The van der Waals surface area contributed by atoms with E-state index in [4.69, 9.17) is 4.74 Å². The van der Waals surface area contributed by atoms with Crippen molar-refractivity contribution in [1.29, 1.82) is 0 Å².